The van der Waals surface area contributed by atoms with Crippen molar-refractivity contribution in [3.63, 3.8) is 0 Å². The summed E-state index contributed by atoms with van der Waals surface area (Å²) >= 11 is 0. The first kappa shape index (κ1) is 17.1. The Labute approximate surface area is 148 Å². The number of benzene rings is 1. The topological polar surface area (TPSA) is 25.4 Å². The number of ether oxygens (including phenoxy) is 1. The Hall–Kier alpha value is -2.31. The Morgan fingerprint density at radius 2 is 1.85 bits per heavy atom. The van der Waals surface area contributed by atoms with Gasteiger partial charge in [0, 0.05) is 25.1 Å². The lowest BCUT2D eigenvalue weighted by molar-refractivity contribution is -0.141. The van der Waals surface area contributed by atoms with Crippen LogP contribution in [0.25, 0.3) is 0 Å². The Morgan fingerprint density at radius 3 is 2.62 bits per heavy atom. The summed E-state index contributed by atoms with van der Waals surface area (Å²) in [6.07, 6.45) is -2.69. The molecule has 1 aliphatic heterocycles. The average molecular weight is 366 g/mol. The molecule has 2 fully saturated rings. The maximum absolute atomic E-state index is 13.3. The second-order valence-corrected chi connectivity index (χ2v) is 6.90. The van der Waals surface area contributed by atoms with Gasteiger partial charge in [-0.2, -0.15) is 13.2 Å². The van der Waals surface area contributed by atoms with Crippen LogP contribution in [0, 0.1) is 17.7 Å². The SMILES string of the molecule is Fc1cccc(O[C@H]2CC[C@@H]3CN(c4cccc(C(F)(F)F)n4)C[C@@H]32)c1. The first-order valence-corrected chi connectivity index (χ1v) is 8.61. The minimum Gasteiger partial charge on any atom is -0.490 e. The summed E-state index contributed by atoms with van der Waals surface area (Å²) < 4.78 is 58.0. The lowest BCUT2D eigenvalue weighted by atomic mass is 9.99. The minimum atomic E-state index is -4.45. The molecule has 138 valence electrons. The molecule has 2 aliphatic rings. The van der Waals surface area contributed by atoms with Crippen molar-refractivity contribution >= 4 is 5.82 Å². The van der Waals surface area contributed by atoms with E-state index in [4.69, 9.17) is 4.74 Å². The zero-order chi connectivity index (χ0) is 18.3. The zero-order valence-corrected chi connectivity index (χ0v) is 13.9. The van der Waals surface area contributed by atoms with Crippen molar-refractivity contribution < 1.29 is 22.3 Å². The van der Waals surface area contributed by atoms with Gasteiger partial charge >= 0.3 is 6.18 Å². The number of halogens is 4. The molecule has 7 heteroatoms. The Balaban J connectivity index is 1.48. The highest BCUT2D eigenvalue weighted by Gasteiger charge is 2.44. The number of alkyl halides is 3. The third kappa shape index (κ3) is 3.34. The molecule has 26 heavy (non-hydrogen) atoms. The molecule has 0 bridgehead atoms. The van der Waals surface area contributed by atoms with Gasteiger partial charge in [-0.05, 0) is 43.0 Å². The van der Waals surface area contributed by atoms with Crippen LogP contribution in [-0.2, 0) is 6.18 Å². The van der Waals surface area contributed by atoms with Crippen molar-refractivity contribution in [3.05, 3.63) is 54.0 Å². The van der Waals surface area contributed by atoms with Gasteiger partial charge in [0.1, 0.15) is 29.2 Å². The summed E-state index contributed by atoms with van der Waals surface area (Å²) in [5, 5.41) is 0. The largest absolute Gasteiger partial charge is 0.490 e. The van der Waals surface area contributed by atoms with E-state index >= 15 is 0 Å². The predicted octanol–water partition coefficient (Wildman–Crippen LogP) is 4.53. The predicted molar refractivity (Wildman–Crippen MR) is 88.5 cm³/mol. The van der Waals surface area contributed by atoms with Crippen molar-refractivity contribution in [2.45, 2.75) is 25.1 Å². The van der Waals surface area contributed by atoms with E-state index < -0.39 is 11.9 Å². The van der Waals surface area contributed by atoms with E-state index in [1.165, 1.54) is 18.2 Å². The van der Waals surface area contributed by atoms with Crippen LogP contribution in [0.3, 0.4) is 0 Å². The third-order valence-electron chi connectivity index (χ3n) is 5.22. The second kappa shape index (κ2) is 6.45. The standard InChI is InChI=1S/C19H18F4N2O/c20-13-3-1-4-14(9-13)26-16-8-7-12-10-25(11-15(12)16)18-6-2-5-17(24-18)19(21,22)23/h1-6,9,12,15-16H,7-8,10-11H2/t12-,15+,16+/m1/s1. The summed E-state index contributed by atoms with van der Waals surface area (Å²) in [4.78, 5) is 5.68. The van der Waals surface area contributed by atoms with Gasteiger partial charge in [0.15, 0.2) is 0 Å². The smallest absolute Gasteiger partial charge is 0.433 e. The maximum Gasteiger partial charge on any atom is 0.433 e. The number of fused-ring (bicyclic) bond motifs is 1. The molecule has 0 N–H and O–H groups in total. The van der Waals surface area contributed by atoms with Crippen molar-refractivity contribution in [2.75, 3.05) is 18.0 Å². The number of rotatable bonds is 3. The van der Waals surface area contributed by atoms with Crippen molar-refractivity contribution in [2.24, 2.45) is 11.8 Å². The molecule has 0 amide bonds. The van der Waals surface area contributed by atoms with E-state index in [0.717, 1.165) is 18.9 Å². The Bertz CT molecular complexity index is 795. The van der Waals surface area contributed by atoms with Gasteiger partial charge in [0.05, 0.1) is 0 Å². The first-order valence-electron chi connectivity index (χ1n) is 8.61. The van der Waals surface area contributed by atoms with Gasteiger partial charge in [-0.25, -0.2) is 9.37 Å². The van der Waals surface area contributed by atoms with Crippen molar-refractivity contribution in [3.8, 4) is 5.75 Å². The van der Waals surface area contributed by atoms with E-state index in [1.807, 2.05) is 4.90 Å². The van der Waals surface area contributed by atoms with Crippen LogP contribution in [-0.4, -0.2) is 24.2 Å². The number of anilines is 1. The number of hydrogen-bond donors (Lipinski definition) is 0. The van der Waals surface area contributed by atoms with E-state index in [2.05, 4.69) is 4.98 Å². The third-order valence-corrected chi connectivity index (χ3v) is 5.22. The van der Waals surface area contributed by atoms with Crippen molar-refractivity contribution in [1.82, 2.24) is 4.98 Å². The molecule has 3 nitrogen and oxygen atoms in total. The first-order chi connectivity index (χ1) is 12.4. The van der Waals surface area contributed by atoms with E-state index in [-0.39, 0.29) is 17.8 Å². The quantitative estimate of drug-likeness (QED) is 0.746. The van der Waals surface area contributed by atoms with E-state index in [0.29, 0.717) is 30.6 Å². The lowest BCUT2D eigenvalue weighted by Gasteiger charge is -2.23. The van der Waals surface area contributed by atoms with Crippen LogP contribution in [0.4, 0.5) is 23.4 Å². The molecule has 2 aromatic rings. The molecular formula is C19H18F4N2O. The number of pyridine rings is 1. The van der Waals surface area contributed by atoms with E-state index in [1.54, 1.807) is 18.2 Å². The van der Waals surface area contributed by atoms with E-state index in [9.17, 15) is 17.6 Å². The average Bonchev–Trinajstić information content (AvgIpc) is 3.16. The van der Waals surface area contributed by atoms with Crippen LogP contribution in [0.5, 0.6) is 5.75 Å². The Morgan fingerprint density at radius 1 is 1.04 bits per heavy atom. The maximum atomic E-state index is 13.3. The zero-order valence-electron chi connectivity index (χ0n) is 13.9. The van der Waals surface area contributed by atoms with Crippen molar-refractivity contribution in [1.29, 1.82) is 0 Å². The van der Waals surface area contributed by atoms with Crippen LogP contribution >= 0.6 is 0 Å². The molecule has 0 spiro atoms. The summed E-state index contributed by atoms with van der Waals surface area (Å²) in [5.74, 6) is 1.04. The lowest BCUT2D eigenvalue weighted by Crippen LogP contribution is -2.29. The van der Waals surface area contributed by atoms with Crippen LogP contribution in [0.2, 0.25) is 0 Å². The normalized spacial score (nSPS) is 25.4. The molecule has 1 aromatic heterocycles. The fourth-order valence-corrected chi connectivity index (χ4v) is 4.02. The molecule has 2 heterocycles. The van der Waals surface area contributed by atoms with Gasteiger partial charge in [-0.1, -0.05) is 12.1 Å². The number of aromatic nitrogens is 1. The molecule has 1 saturated heterocycles. The van der Waals surface area contributed by atoms with Crippen LogP contribution in [0.1, 0.15) is 18.5 Å². The molecule has 1 aliphatic carbocycles. The summed E-state index contributed by atoms with van der Waals surface area (Å²) in [5.41, 5.74) is -0.875. The molecule has 3 atom stereocenters. The molecule has 0 radical (unpaired) electrons. The monoisotopic (exact) mass is 366 g/mol. The Kier molecular flexibility index (Phi) is 4.25. The molecule has 1 aromatic carbocycles. The van der Waals surface area contributed by atoms with Gasteiger partial charge < -0.3 is 9.64 Å². The number of nitrogens with zero attached hydrogens (tertiary/aromatic N) is 2. The summed E-state index contributed by atoms with van der Waals surface area (Å²) in [6, 6.07) is 10.0. The van der Waals surface area contributed by atoms with Crippen LogP contribution < -0.4 is 9.64 Å². The second-order valence-electron chi connectivity index (χ2n) is 6.90. The molecule has 4 rings (SSSR count). The van der Waals surface area contributed by atoms with Gasteiger partial charge in [-0.15, -0.1) is 0 Å². The van der Waals surface area contributed by atoms with Gasteiger partial charge in [0.2, 0.25) is 0 Å². The van der Waals surface area contributed by atoms with Gasteiger partial charge in [0.25, 0.3) is 0 Å². The number of hydrogen-bond acceptors (Lipinski definition) is 3. The summed E-state index contributed by atoms with van der Waals surface area (Å²) in [6.45, 7) is 1.26. The fourth-order valence-electron chi connectivity index (χ4n) is 4.02. The fraction of sp³-hybridized carbons (Fsp3) is 0.421. The van der Waals surface area contributed by atoms with Crippen LogP contribution in [0.15, 0.2) is 42.5 Å². The van der Waals surface area contributed by atoms with Gasteiger partial charge in [-0.3, -0.25) is 0 Å². The minimum absolute atomic E-state index is 0.0578. The molecule has 0 unspecified atom stereocenters. The molecular weight excluding hydrogens is 348 g/mol. The summed E-state index contributed by atoms with van der Waals surface area (Å²) in [7, 11) is 0. The molecule has 1 saturated carbocycles. The highest BCUT2D eigenvalue weighted by atomic mass is 19.4. The highest BCUT2D eigenvalue weighted by molar-refractivity contribution is 5.42. The highest BCUT2D eigenvalue weighted by Crippen LogP contribution is 2.41.